The van der Waals surface area contributed by atoms with Gasteiger partial charge in [0.2, 0.25) is 0 Å². The first kappa shape index (κ1) is 19.0. The van der Waals surface area contributed by atoms with Gasteiger partial charge >= 0.3 is 0 Å². The van der Waals surface area contributed by atoms with Crippen molar-refractivity contribution in [3.05, 3.63) is 17.7 Å². The van der Waals surface area contributed by atoms with E-state index in [4.69, 9.17) is 10.5 Å². The van der Waals surface area contributed by atoms with Gasteiger partial charge in [0.05, 0.1) is 29.0 Å². The molecule has 2 fully saturated rings. The Kier molecular flexibility index (Phi) is 5.43. The minimum atomic E-state index is -3.52. The summed E-state index contributed by atoms with van der Waals surface area (Å²) in [6.07, 6.45) is 3.52. The number of hydrogen-bond donors (Lipinski definition) is 2. The van der Waals surface area contributed by atoms with Gasteiger partial charge in [-0.25, -0.2) is 8.42 Å². The van der Waals surface area contributed by atoms with Gasteiger partial charge in [0.1, 0.15) is 5.75 Å². The highest BCUT2D eigenvalue weighted by molar-refractivity contribution is 7.91. The first-order chi connectivity index (χ1) is 12.3. The standard InChI is InChI=1S/C18H27N3O4S/c1-3-26(23,24)17-8-14(16(25-2)9-15(17)19)18(22)20-13-6-7-21(11-13)10-12-4-5-12/h8-9,12-13H,3-7,10-11,19H2,1-2H3,(H,20,22). The summed E-state index contributed by atoms with van der Waals surface area (Å²) < 4.78 is 29.7. The predicted octanol–water partition coefficient (Wildman–Crippen LogP) is 1.29. The first-order valence-electron chi connectivity index (χ1n) is 9.07. The van der Waals surface area contributed by atoms with E-state index in [1.54, 1.807) is 6.92 Å². The van der Waals surface area contributed by atoms with Crippen molar-refractivity contribution in [3.8, 4) is 5.75 Å². The summed E-state index contributed by atoms with van der Waals surface area (Å²) in [7, 11) is -2.08. The predicted molar refractivity (Wildman–Crippen MR) is 100 cm³/mol. The summed E-state index contributed by atoms with van der Waals surface area (Å²) in [5.41, 5.74) is 6.16. The maximum absolute atomic E-state index is 12.8. The second-order valence-corrected chi connectivity index (χ2v) is 9.40. The van der Waals surface area contributed by atoms with Crippen LogP contribution in [0.25, 0.3) is 0 Å². The molecular formula is C18H27N3O4S. The van der Waals surface area contributed by atoms with Gasteiger partial charge in [-0.2, -0.15) is 0 Å². The lowest BCUT2D eigenvalue weighted by Gasteiger charge is -2.18. The van der Waals surface area contributed by atoms with E-state index < -0.39 is 9.84 Å². The molecular weight excluding hydrogens is 354 g/mol. The molecule has 1 atom stereocenters. The monoisotopic (exact) mass is 381 g/mol. The largest absolute Gasteiger partial charge is 0.496 e. The van der Waals surface area contributed by atoms with Gasteiger partial charge < -0.3 is 20.7 Å². The number of anilines is 1. The van der Waals surface area contributed by atoms with E-state index in [2.05, 4.69) is 10.2 Å². The van der Waals surface area contributed by atoms with Crippen molar-refractivity contribution in [1.82, 2.24) is 10.2 Å². The van der Waals surface area contributed by atoms with Crippen LogP contribution in [0.2, 0.25) is 0 Å². The number of carbonyl (C=O) groups is 1. The van der Waals surface area contributed by atoms with E-state index in [1.807, 2.05) is 0 Å². The number of hydrogen-bond acceptors (Lipinski definition) is 6. The Morgan fingerprint density at radius 3 is 2.69 bits per heavy atom. The van der Waals surface area contributed by atoms with Crippen LogP contribution in [-0.2, 0) is 9.84 Å². The summed E-state index contributed by atoms with van der Waals surface area (Å²) in [6.45, 7) is 4.47. The number of likely N-dealkylation sites (tertiary alicyclic amines) is 1. The summed E-state index contributed by atoms with van der Waals surface area (Å²) in [5, 5.41) is 3.01. The molecule has 0 aromatic heterocycles. The van der Waals surface area contributed by atoms with Crippen LogP contribution in [0.5, 0.6) is 5.75 Å². The third kappa shape index (κ3) is 4.12. The van der Waals surface area contributed by atoms with E-state index >= 15 is 0 Å². The number of methoxy groups -OCH3 is 1. The van der Waals surface area contributed by atoms with Crippen molar-refractivity contribution in [3.63, 3.8) is 0 Å². The number of nitrogen functional groups attached to an aromatic ring is 1. The molecule has 3 N–H and O–H groups in total. The van der Waals surface area contributed by atoms with Crippen LogP contribution in [0.3, 0.4) is 0 Å². The molecule has 1 saturated heterocycles. The zero-order valence-corrected chi connectivity index (χ0v) is 16.1. The van der Waals surface area contributed by atoms with Crippen LogP contribution in [0.15, 0.2) is 17.0 Å². The average molecular weight is 381 g/mol. The van der Waals surface area contributed by atoms with Crippen LogP contribution < -0.4 is 15.8 Å². The number of nitrogens with one attached hydrogen (secondary N) is 1. The van der Waals surface area contributed by atoms with Gasteiger partial charge in [-0.3, -0.25) is 4.79 Å². The zero-order chi connectivity index (χ0) is 18.9. The fourth-order valence-corrected chi connectivity index (χ4v) is 4.42. The quantitative estimate of drug-likeness (QED) is 0.690. The van der Waals surface area contributed by atoms with Gasteiger partial charge in [0.25, 0.3) is 5.91 Å². The molecule has 144 valence electrons. The van der Waals surface area contributed by atoms with Gasteiger partial charge in [-0.1, -0.05) is 6.92 Å². The van der Waals surface area contributed by atoms with Crippen LogP contribution >= 0.6 is 0 Å². The van der Waals surface area contributed by atoms with Crippen molar-refractivity contribution in [1.29, 1.82) is 0 Å². The number of carbonyl (C=O) groups excluding carboxylic acids is 1. The lowest BCUT2D eigenvalue weighted by molar-refractivity contribution is 0.0934. The molecule has 1 amide bonds. The zero-order valence-electron chi connectivity index (χ0n) is 15.3. The summed E-state index contributed by atoms with van der Waals surface area (Å²) in [5.74, 6) is 0.697. The summed E-state index contributed by atoms with van der Waals surface area (Å²) in [6, 6.07) is 2.81. The maximum atomic E-state index is 12.8. The number of amides is 1. The third-order valence-corrected chi connectivity index (χ3v) is 6.90. The second kappa shape index (κ2) is 7.44. The first-order valence-corrected chi connectivity index (χ1v) is 10.7. The number of rotatable bonds is 7. The molecule has 3 rings (SSSR count). The molecule has 1 aliphatic carbocycles. The Morgan fingerprint density at radius 2 is 2.08 bits per heavy atom. The van der Waals surface area contributed by atoms with Crippen LogP contribution in [0.4, 0.5) is 5.69 Å². The van der Waals surface area contributed by atoms with E-state index in [0.29, 0.717) is 0 Å². The molecule has 8 heteroatoms. The number of ether oxygens (including phenoxy) is 1. The van der Waals surface area contributed by atoms with Crippen molar-refractivity contribution < 1.29 is 17.9 Å². The maximum Gasteiger partial charge on any atom is 0.255 e. The molecule has 1 aliphatic heterocycles. The summed E-state index contributed by atoms with van der Waals surface area (Å²) in [4.78, 5) is 15.1. The van der Waals surface area contributed by atoms with Gasteiger partial charge in [-0.05, 0) is 31.2 Å². The van der Waals surface area contributed by atoms with Crippen LogP contribution in [0.1, 0.15) is 36.5 Å². The molecule has 2 aliphatic rings. The molecule has 1 heterocycles. The Morgan fingerprint density at radius 1 is 1.35 bits per heavy atom. The summed E-state index contributed by atoms with van der Waals surface area (Å²) >= 11 is 0. The number of nitrogens with zero attached hydrogens (tertiary/aromatic N) is 1. The SMILES string of the molecule is CCS(=O)(=O)c1cc(C(=O)NC2CCN(CC3CC3)C2)c(OC)cc1N. The molecule has 1 aromatic carbocycles. The number of nitrogens with two attached hydrogens (primary N) is 1. The molecule has 7 nitrogen and oxygen atoms in total. The Hall–Kier alpha value is -1.80. The van der Waals surface area contributed by atoms with Gasteiger partial charge in [-0.15, -0.1) is 0 Å². The normalized spacial score (nSPS) is 20.9. The molecule has 1 saturated carbocycles. The highest BCUT2D eigenvalue weighted by Crippen LogP contribution is 2.31. The minimum absolute atomic E-state index is 0.0206. The molecule has 0 radical (unpaired) electrons. The highest BCUT2D eigenvalue weighted by atomic mass is 32.2. The average Bonchev–Trinajstić information content (AvgIpc) is 3.32. The van der Waals surface area contributed by atoms with Crippen molar-refractivity contribution in [2.24, 2.45) is 5.92 Å². The van der Waals surface area contributed by atoms with E-state index in [-0.39, 0.29) is 39.6 Å². The molecule has 0 bridgehead atoms. The lowest BCUT2D eigenvalue weighted by Crippen LogP contribution is -2.37. The number of benzene rings is 1. The van der Waals surface area contributed by atoms with Crippen LogP contribution in [-0.4, -0.2) is 57.8 Å². The van der Waals surface area contributed by atoms with Gasteiger partial charge in [0.15, 0.2) is 9.84 Å². The van der Waals surface area contributed by atoms with Crippen molar-refractivity contribution in [2.45, 2.75) is 37.1 Å². The second-order valence-electron chi connectivity index (χ2n) is 7.16. The fourth-order valence-electron chi connectivity index (χ4n) is 3.39. The van der Waals surface area contributed by atoms with Crippen LogP contribution in [0, 0.1) is 5.92 Å². The van der Waals surface area contributed by atoms with E-state index in [0.717, 1.165) is 32.0 Å². The highest BCUT2D eigenvalue weighted by Gasteiger charge is 2.30. The fraction of sp³-hybridized carbons (Fsp3) is 0.611. The molecule has 0 spiro atoms. The van der Waals surface area contributed by atoms with Gasteiger partial charge in [0, 0.05) is 31.7 Å². The Balaban J connectivity index is 1.76. The third-order valence-electron chi connectivity index (χ3n) is 5.11. The molecule has 26 heavy (non-hydrogen) atoms. The number of sulfone groups is 1. The smallest absolute Gasteiger partial charge is 0.255 e. The van der Waals surface area contributed by atoms with E-state index in [1.165, 1.54) is 32.1 Å². The Labute approximate surface area is 154 Å². The minimum Gasteiger partial charge on any atom is -0.496 e. The Bertz CT molecular complexity index is 790. The molecule has 1 unspecified atom stereocenters. The molecule has 1 aromatic rings. The van der Waals surface area contributed by atoms with Crippen molar-refractivity contribution >= 4 is 21.4 Å². The van der Waals surface area contributed by atoms with Crippen molar-refractivity contribution in [2.75, 3.05) is 38.2 Å². The lowest BCUT2D eigenvalue weighted by atomic mass is 10.1. The topological polar surface area (TPSA) is 102 Å². The van der Waals surface area contributed by atoms with E-state index in [9.17, 15) is 13.2 Å².